The second kappa shape index (κ2) is 9.27. The van der Waals surface area contributed by atoms with E-state index >= 15 is 0 Å². The van der Waals surface area contributed by atoms with Crippen molar-refractivity contribution in [2.45, 2.75) is 38.0 Å². The van der Waals surface area contributed by atoms with Crippen LogP contribution in [0.3, 0.4) is 0 Å². The summed E-state index contributed by atoms with van der Waals surface area (Å²) in [6.07, 6.45) is 0.681. The second-order valence-corrected chi connectivity index (χ2v) is 8.74. The molecule has 2 aliphatic heterocycles. The van der Waals surface area contributed by atoms with Gasteiger partial charge in [-0.3, -0.25) is 14.4 Å². The number of amides is 2. The van der Waals surface area contributed by atoms with Crippen molar-refractivity contribution in [1.82, 2.24) is 10.2 Å². The number of hydrogen-bond donors (Lipinski definition) is 1. The Hall–Kier alpha value is -3.71. The average molecular weight is 459 g/mol. The van der Waals surface area contributed by atoms with Crippen LogP contribution in [0.5, 0.6) is 0 Å². The molecule has 0 bridgehead atoms. The molecule has 2 saturated heterocycles. The number of benzene rings is 2. The molecule has 0 saturated carbocycles. The van der Waals surface area contributed by atoms with Gasteiger partial charge in [0.1, 0.15) is 30.2 Å². The molecule has 7 heteroatoms. The summed E-state index contributed by atoms with van der Waals surface area (Å²) in [6.45, 7) is 2.20. The molecule has 2 aromatic carbocycles. The molecule has 2 amide bonds. The van der Waals surface area contributed by atoms with Crippen LogP contribution < -0.4 is 5.32 Å². The number of furan rings is 1. The highest BCUT2D eigenvalue weighted by molar-refractivity contribution is 6.00. The van der Waals surface area contributed by atoms with Crippen molar-refractivity contribution in [3.05, 3.63) is 83.6 Å². The van der Waals surface area contributed by atoms with Gasteiger partial charge in [-0.1, -0.05) is 60.7 Å². The first-order chi connectivity index (χ1) is 16.5. The SMILES string of the molecule is Cc1oc(-c2ccccc2)cc1C(=O)NC(Cc1ccccc1)C(=O)N1CCC2OCC(=O)C21. The molecule has 3 aromatic rings. The molecule has 3 atom stereocenters. The molecule has 2 fully saturated rings. The lowest BCUT2D eigenvalue weighted by atomic mass is 10.0. The van der Waals surface area contributed by atoms with E-state index in [2.05, 4.69) is 5.32 Å². The van der Waals surface area contributed by atoms with Crippen LogP contribution in [0.1, 0.15) is 28.1 Å². The van der Waals surface area contributed by atoms with Crippen molar-refractivity contribution in [2.75, 3.05) is 13.2 Å². The number of likely N-dealkylation sites (tertiary alicyclic amines) is 1. The molecule has 3 heterocycles. The zero-order valence-corrected chi connectivity index (χ0v) is 18.9. The maximum Gasteiger partial charge on any atom is 0.255 e. The first kappa shape index (κ1) is 22.1. The van der Waals surface area contributed by atoms with Gasteiger partial charge in [-0.15, -0.1) is 0 Å². The van der Waals surface area contributed by atoms with Crippen LogP contribution in [0.25, 0.3) is 11.3 Å². The lowest BCUT2D eigenvalue weighted by molar-refractivity contribution is -0.138. The lowest BCUT2D eigenvalue weighted by Gasteiger charge is -2.27. The molecule has 0 radical (unpaired) electrons. The fraction of sp³-hybridized carbons (Fsp3) is 0.296. The molecule has 5 rings (SSSR count). The molecule has 0 spiro atoms. The van der Waals surface area contributed by atoms with Crippen molar-refractivity contribution in [2.24, 2.45) is 0 Å². The number of hydrogen-bond acceptors (Lipinski definition) is 5. The number of fused-ring (bicyclic) bond motifs is 1. The Kier molecular flexibility index (Phi) is 6.02. The Morgan fingerprint density at radius 1 is 1.09 bits per heavy atom. The molecular weight excluding hydrogens is 432 g/mol. The minimum absolute atomic E-state index is 0.0330. The van der Waals surface area contributed by atoms with Gasteiger partial charge < -0.3 is 19.4 Å². The Bertz CT molecular complexity index is 1200. The predicted octanol–water partition coefficient (Wildman–Crippen LogP) is 3.16. The number of ether oxygens (including phenoxy) is 1. The highest BCUT2D eigenvalue weighted by atomic mass is 16.5. The van der Waals surface area contributed by atoms with E-state index in [1.807, 2.05) is 60.7 Å². The fourth-order valence-electron chi connectivity index (χ4n) is 4.78. The Morgan fingerprint density at radius 2 is 1.79 bits per heavy atom. The van der Waals surface area contributed by atoms with Crippen LogP contribution in [-0.4, -0.2) is 53.8 Å². The Morgan fingerprint density at radius 3 is 2.53 bits per heavy atom. The minimum Gasteiger partial charge on any atom is -0.461 e. The van der Waals surface area contributed by atoms with Gasteiger partial charge in [0, 0.05) is 18.5 Å². The van der Waals surface area contributed by atoms with Crippen LogP contribution >= 0.6 is 0 Å². The van der Waals surface area contributed by atoms with Gasteiger partial charge in [0.25, 0.3) is 5.91 Å². The smallest absolute Gasteiger partial charge is 0.255 e. The van der Waals surface area contributed by atoms with Crippen LogP contribution in [0.4, 0.5) is 0 Å². The highest BCUT2D eigenvalue weighted by Gasteiger charge is 2.48. The Labute approximate surface area is 197 Å². The van der Waals surface area contributed by atoms with Crippen molar-refractivity contribution in [3.8, 4) is 11.3 Å². The third-order valence-electron chi connectivity index (χ3n) is 6.50. The average Bonchev–Trinajstić information content (AvgIpc) is 3.56. The van der Waals surface area contributed by atoms with E-state index in [9.17, 15) is 14.4 Å². The largest absolute Gasteiger partial charge is 0.461 e. The molecular formula is C27H26N2O5. The summed E-state index contributed by atoms with van der Waals surface area (Å²) < 4.78 is 11.4. The zero-order chi connectivity index (χ0) is 23.7. The van der Waals surface area contributed by atoms with E-state index in [-0.39, 0.29) is 30.3 Å². The molecule has 34 heavy (non-hydrogen) atoms. The molecule has 0 aliphatic carbocycles. The third-order valence-corrected chi connectivity index (χ3v) is 6.50. The highest BCUT2D eigenvalue weighted by Crippen LogP contribution is 2.29. The van der Waals surface area contributed by atoms with E-state index in [1.54, 1.807) is 17.9 Å². The van der Waals surface area contributed by atoms with Crippen molar-refractivity contribution >= 4 is 17.6 Å². The summed E-state index contributed by atoms with van der Waals surface area (Å²) in [5.74, 6) is 0.322. The van der Waals surface area contributed by atoms with Gasteiger partial charge in [-0.05, 0) is 25.0 Å². The maximum absolute atomic E-state index is 13.6. The summed E-state index contributed by atoms with van der Waals surface area (Å²) in [6, 6.07) is 19.4. The van der Waals surface area contributed by atoms with Crippen molar-refractivity contribution < 1.29 is 23.5 Å². The summed E-state index contributed by atoms with van der Waals surface area (Å²) in [5.41, 5.74) is 2.16. The van der Waals surface area contributed by atoms with E-state index < -0.39 is 12.1 Å². The fourth-order valence-corrected chi connectivity index (χ4v) is 4.78. The normalized spacial score (nSPS) is 20.3. The first-order valence-electron chi connectivity index (χ1n) is 11.5. The molecule has 3 unspecified atom stereocenters. The van der Waals surface area contributed by atoms with Crippen LogP contribution in [-0.2, 0) is 20.7 Å². The first-order valence-corrected chi connectivity index (χ1v) is 11.5. The van der Waals surface area contributed by atoms with Gasteiger partial charge >= 0.3 is 0 Å². The topological polar surface area (TPSA) is 88.8 Å². The Balaban J connectivity index is 1.40. The number of rotatable bonds is 6. The summed E-state index contributed by atoms with van der Waals surface area (Å²) in [4.78, 5) is 40.8. The van der Waals surface area contributed by atoms with Gasteiger partial charge in [0.2, 0.25) is 5.91 Å². The van der Waals surface area contributed by atoms with E-state index in [0.29, 0.717) is 36.5 Å². The van der Waals surface area contributed by atoms with Crippen molar-refractivity contribution in [1.29, 1.82) is 0 Å². The number of nitrogens with zero attached hydrogens (tertiary/aromatic N) is 1. The summed E-state index contributed by atoms with van der Waals surface area (Å²) >= 11 is 0. The second-order valence-electron chi connectivity index (χ2n) is 8.74. The standard InChI is InChI=1S/C27H26N2O5/c1-17-20(15-24(34-17)19-10-6-3-7-11-19)26(31)28-21(14-18-8-4-2-5-9-18)27(32)29-13-12-23-25(29)22(30)16-33-23/h2-11,15,21,23,25H,12-14,16H2,1H3,(H,28,31). The monoisotopic (exact) mass is 458 g/mol. The minimum atomic E-state index is -0.823. The molecule has 174 valence electrons. The third kappa shape index (κ3) is 4.26. The van der Waals surface area contributed by atoms with Gasteiger partial charge in [-0.2, -0.15) is 0 Å². The number of carbonyl (C=O) groups is 3. The van der Waals surface area contributed by atoms with Crippen LogP contribution in [0, 0.1) is 6.92 Å². The number of carbonyl (C=O) groups excluding carboxylic acids is 3. The molecule has 7 nitrogen and oxygen atoms in total. The van der Waals surface area contributed by atoms with Crippen LogP contribution in [0.15, 0.2) is 71.1 Å². The number of Topliss-reactive ketones (excluding diaryl/α,β-unsaturated/α-hetero) is 1. The lowest BCUT2D eigenvalue weighted by Crippen LogP contribution is -2.53. The molecule has 1 aromatic heterocycles. The van der Waals surface area contributed by atoms with Crippen LogP contribution in [0.2, 0.25) is 0 Å². The quantitative estimate of drug-likeness (QED) is 0.613. The molecule has 2 aliphatic rings. The molecule has 1 N–H and O–H groups in total. The van der Waals surface area contributed by atoms with E-state index in [1.165, 1.54) is 0 Å². The zero-order valence-electron chi connectivity index (χ0n) is 18.9. The number of aryl methyl sites for hydroxylation is 1. The van der Waals surface area contributed by atoms with Gasteiger partial charge in [0.15, 0.2) is 5.78 Å². The van der Waals surface area contributed by atoms with E-state index in [4.69, 9.17) is 9.15 Å². The number of nitrogens with one attached hydrogen (secondary N) is 1. The predicted molar refractivity (Wildman–Crippen MR) is 125 cm³/mol. The van der Waals surface area contributed by atoms with Gasteiger partial charge in [0.05, 0.1) is 11.7 Å². The maximum atomic E-state index is 13.6. The summed E-state index contributed by atoms with van der Waals surface area (Å²) in [5, 5.41) is 2.92. The number of ketones is 1. The summed E-state index contributed by atoms with van der Waals surface area (Å²) in [7, 11) is 0. The van der Waals surface area contributed by atoms with E-state index in [0.717, 1.165) is 11.1 Å². The van der Waals surface area contributed by atoms with Crippen molar-refractivity contribution in [3.63, 3.8) is 0 Å². The van der Waals surface area contributed by atoms with Gasteiger partial charge in [-0.25, -0.2) is 0 Å².